The molecule has 1 aliphatic heterocycles. The first kappa shape index (κ1) is 16.3. The molecule has 1 aromatic rings. The number of halogens is 3. The Morgan fingerprint density at radius 2 is 1.68 bits per heavy atom. The minimum absolute atomic E-state index is 0.215. The zero-order chi connectivity index (χ0) is 16.5. The van der Waals surface area contributed by atoms with Crippen molar-refractivity contribution in [1.82, 2.24) is 0 Å². The summed E-state index contributed by atoms with van der Waals surface area (Å²) in [5, 5.41) is 21.8. The number of hydrogen-bond donors (Lipinski definition) is 0. The molecule has 0 aromatic heterocycles. The molecule has 0 atom stereocenters. The van der Waals surface area contributed by atoms with Crippen LogP contribution in [0.1, 0.15) is 5.56 Å². The Kier molecular flexibility index (Phi) is 4.44. The van der Waals surface area contributed by atoms with Crippen LogP contribution >= 0.6 is 11.8 Å². The third kappa shape index (κ3) is 3.24. The van der Waals surface area contributed by atoms with Crippen molar-refractivity contribution < 1.29 is 23.0 Å². The highest BCUT2D eigenvalue weighted by molar-refractivity contribution is 7.99. The molecule has 0 saturated carbocycles. The second-order valence-corrected chi connectivity index (χ2v) is 5.70. The van der Waals surface area contributed by atoms with Gasteiger partial charge in [0.15, 0.2) is 0 Å². The molecule has 120 valence electrons. The lowest BCUT2D eigenvalue weighted by molar-refractivity contribution is -0.394. The first-order valence-electron chi connectivity index (χ1n) is 6.08. The Labute approximate surface area is 126 Å². The Bertz CT molecular complexity index is 617. The van der Waals surface area contributed by atoms with Crippen LogP contribution in [0.3, 0.4) is 0 Å². The van der Waals surface area contributed by atoms with Crippen molar-refractivity contribution in [2.75, 3.05) is 29.5 Å². The highest BCUT2D eigenvalue weighted by Gasteiger charge is 2.41. The number of alkyl halides is 3. The van der Waals surface area contributed by atoms with E-state index in [-0.39, 0.29) is 13.1 Å². The summed E-state index contributed by atoms with van der Waals surface area (Å²) in [4.78, 5) is 21.0. The lowest BCUT2D eigenvalue weighted by Gasteiger charge is -2.30. The van der Waals surface area contributed by atoms with Gasteiger partial charge >= 0.3 is 6.18 Å². The van der Waals surface area contributed by atoms with Crippen LogP contribution in [0.2, 0.25) is 0 Å². The van der Waals surface area contributed by atoms with Crippen molar-refractivity contribution in [3.63, 3.8) is 0 Å². The van der Waals surface area contributed by atoms with Gasteiger partial charge in [0.2, 0.25) is 0 Å². The van der Waals surface area contributed by atoms with E-state index in [4.69, 9.17) is 0 Å². The smallest absolute Gasteiger partial charge is 0.364 e. The maximum Gasteiger partial charge on any atom is 0.418 e. The number of anilines is 1. The van der Waals surface area contributed by atoms with E-state index in [2.05, 4.69) is 0 Å². The summed E-state index contributed by atoms with van der Waals surface area (Å²) in [5.74, 6) is 1.07. The van der Waals surface area contributed by atoms with Crippen LogP contribution in [0, 0.1) is 20.2 Å². The van der Waals surface area contributed by atoms with Crippen LogP contribution in [-0.4, -0.2) is 34.4 Å². The van der Waals surface area contributed by atoms with Crippen LogP contribution < -0.4 is 4.90 Å². The molecule has 7 nitrogen and oxygen atoms in total. The molecule has 1 aliphatic rings. The van der Waals surface area contributed by atoms with Crippen molar-refractivity contribution in [1.29, 1.82) is 0 Å². The number of hydrogen-bond acceptors (Lipinski definition) is 6. The van der Waals surface area contributed by atoms with Crippen LogP contribution in [0.5, 0.6) is 0 Å². The topological polar surface area (TPSA) is 89.5 Å². The van der Waals surface area contributed by atoms with Gasteiger partial charge in [0, 0.05) is 30.7 Å². The molecule has 0 spiro atoms. The van der Waals surface area contributed by atoms with E-state index in [1.54, 1.807) is 0 Å². The summed E-state index contributed by atoms with van der Waals surface area (Å²) in [7, 11) is 0. The fourth-order valence-corrected chi connectivity index (χ4v) is 3.09. The lowest BCUT2D eigenvalue weighted by Crippen LogP contribution is -2.34. The molecular weight excluding hydrogens is 327 g/mol. The van der Waals surface area contributed by atoms with Gasteiger partial charge in [-0.3, -0.25) is 20.2 Å². The molecule has 0 bridgehead atoms. The number of nitrogens with zero attached hydrogens (tertiary/aromatic N) is 3. The summed E-state index contributed by atoms with van der Waals surface area (Å²) in [6.45, 7) is 0.429. The maximum atomic E-state index is 13.2. The summed E-state index contributed by atoms with van der Waals surface area (Å²) < 4.78 is 39.6. The van der Waals surface area contributed by atoms with Gasteiger partial charge < -0.3 is 4.90 Å². The van der Waals surface area contributed by atoms with Gasteiger partial charge in [-0.05, 0) is 0 Å². The fourth-order valence-electron chi connectivity index (χ4n) is 2.18. The standard InChI is InChI=1S/C11H10F3N3O4S/c12-11(13,14)8-5-7(16(18)19)6-9(17(20)21)10(8)15-1-3-22-4-2-15/h5-6H,1-4H2. The van der Waals surface area contributed by atoms with E-state index in [0.717, 1.165) is 0 Å². The molecule has 22 heavy (non-hydrogen) atoms. The molecule has 1 fully saturated rings. The Hall–Kier alpha value is -2.04. The van der Waals surface area contributed by atoms with Gasteiger partial charge in [0.1, 0.15) is 5.69 Å². The SMILES string of the molecule is O=[N+]([O-])c1cc([N+](=O)[O-])c(N2CCSCC2)c(C(F)(F)F)c1. The van der Waals surface area contributed by atoms with Crippen molar-refractivity contribution in [3.8, 4) is 0 Å². The van der Waals surface area contributed by atoms with Gasteiger partial charge in [-0.1, -0.05) is 0 Å². The number of thioether (sulfide) groups is 1. The van der Waals surface area contributed by atoms with Crippen LogP contribution in [0.15, 0.2) is 12.1 Å². The van der Waals surface area contributed by atoms with Crippen molar-refractivity contribution >= 4 is 28.8 Å². The van der Waals surface area contributed by atoms with Gasteiger partial charge in [0.05, 0.1) is 21.5 Å². The lowest BCUT2D eigenvalue weighted by atomic mass is 10.1. The highest BCUT2D eigenvalue weighted by Crippen LogP contribution is 2.44. The molecule has 1 saturated heterocycles. The Balaban J connectivity index is 2.70. The largest absolute Gasteiger partial charge is 0.418 e. The van der Waals surface area contributed by atoms with Crippen molar-refractivity contribution in [2.45, 2.75) is 6.18 Å². The maximum absolute atomic E-state index is 13.2. The number of nitro benzene ring substituents is 2. The van der Waals surface area contributed by atoms with E-state index in [1.807, 2.05) is 0 Å². The van der Waals surface area contributed by atoms with Gasteiger partial charge in [-0.15, -0.1) is 0 Å². The van der Waals surface area contributed by atoms with Crippen molar-refractivity contribution in [3.05, 3.63) is 37.9 Å². The predicted octanol–water partition coefficient (Wildman–Crippen LogP) is 3.08. The quantitative estimate of drug-likeness (QED) is 0.622. The van der Waals surface area contributed by atoms with Gasteiger partial charge in [-0.2, -0.15) is 24.9 Å². The molecule has 0 unspecified atom stereocenters. The zero-order valence-corrected chi connectivity index (χ0v) is 11.8. The summed E-state index contributed by atoms with van der Waals surface area (Å²) in [5.41, 5.74) is -3.79. The van der Waals surface area contributed by atoms with Crippen LogP contribution in [0.4, 0.5) is 30.2 Å². The molecule has 0 aliphatic carbocycles. The van der Waals surface area contributed by atoms with E-state index in [9.17, 15) is 33.4 Å². The first-order chi connectivity index (χ1) is 10.2. The average Bonchev–Trinajstić information content (AvgIpc) is 2.45. The van der Waals surface area contributed by atoms with Gasteiger partial charge in [0.25, 0.3) is 11.4 Å². The summed E-state index contributed by atoms with van der Waals surface area (Å²) in [6, 6.07) is 0.927. The molecule has 1 aromatic carbocycles. The summed E-state index contributed by atoms with van der Waals surface area (Å²) >= 11 is 1.53. The predicted molar refractivity (Wildman–Crippen MR) is 74.3 cm³/mol. The van der Waals surface area contributed by atoms with E-state index < -0.39 is 38.6 Å². The Morgan fingerprint density at radius 1 is 1.09 bits per heavy atom. The molecule has 11 heteroatoms. The van der Waals surface area contributed by atoms with Crippen LogP contribution in [0.25, 0.3) is 0 Å². The second kappa shape index (κ2) is 5.99. The normalized spacial score (nSPS) is 15.7. The molecule has 0 amide bonds. The highest BCUT2D eigenvalue weighted by atomic mass is 32.2. The van der Waals surface area contributed by atoms with Gasteiger partial charge in [-0.25, -0.2) is 0 Å². The third-order valence-electron chi connectivity index (χ3n) is 3.11. The van der Waals surface area contributed by atoms with Crippen LogP contribution in [-0.2, 0) is 6.18 Å². The minimum atomic E-state index is -4.92. The monoisotopic (exact) mass is 337 g/mol. The minimum Gasteiger partial charge on any atom is -0.364 e. The Morgan fingerprint density at radius 3 is 2.14 bits per heavy atom. The first-order valence-corrected chi connectivity index (χ1v) is 7.24. The fraction of sp³-hybridized carbons (Fsp3) is 0.455. The summed E-state index contributed by atoms with van der Waals surface area (Å²) in [6.07, 6.45) is -4.92. The molecular formula is C11H10F3N3O4S. The molecule has 0 N–H and O–H groups in total. The molecule has 1 heterocycles. The molecule has 2 rings (SSSR count). The van der Waals surface area contributed by atoms with E-state index >= 15 is 0 Å². The number of non-ortho nitro benzene ring substituents is 1. The third-order valence-corrected chi connectivity index (χ3v) is 4.06. The van der Waals surface area contributed by atoms with Crippen molar-refractivity contribution in [2.24, 2.45) is 0 Å². The average molecular weight is 337 g/mol. The zero-order valence-electron chi connectivity index (χ0n) is 11.0. The van der Waals surface area contributed by atoms with E-state index in [0.29, 0.717) is 23.6 Å². The number of nitro groups is 2. The second-order valence-electron chi connectivity index (χ2n) is 4.47. The number of rotatable bonds is 3. The molecule has 0 radical (unpaired) electrons. The number of benzene rings is 1. The van der Waals surface area contributed by atoms with E-state index in [1.165, 1.54) is 16.7 Å².